The van der Waals surface area contributed by atoms with Gasteiger partial charge >= 0.3 is 0 Å². The lowest BCUT2D eigenvalue weighted by Gasteiger charge is -2.07. The molecule has 0 aliphatic rings. The highest BCUT2D eigenvalue weighted by molar-refractivity contribution is 6.31. The van der Waals surface area contributed by atoms with Gasteiger partial charge in [0, 0.05) is 23.3 Å². The van der Waals surface area contributed by atoms with Gasteiger partial charge in [0.25, 0.3) is 5.91 Å². The lowest BCUT2D eigenvalue weighted by molar-refractivity contribution is -0.127. The summed E-state index contributed by atoms with van der Waals surface area (Å²) in [6.07, 6.45) is 3.25. The Kier molecular flexibility index (Phi) is 4.76. The zero-order chi connectivity index (χ0) is 18.0. The van der Waals surface area contributed by atoms with Gasteiger partial charge in [-0.05, 0) is 41.8 Å². The van der Waals surface area contributed by atoms with Crippen LogP contribution in [0.3, 0.4) is 0 Å². The van der Waals surface area contributed by atoms with Crippen molar-refractivity contribution in [2.45, 2.75) is 19.8 Å². The number of benzene rings is 1. The molecule has 0 saturated heterocycles. The van der Waals surface area contributed by atoms with Crippen molar-refractivity contribution in [1.82, 2.24) is 4.40 Å². The van der Waals surface area contributed by atoms with Crippen LogP contribution in [0, 0.1) is 0 Å². The minimum atomic E-state index is -0.750. The molecule has 0 unspecified atom stereocenters. The molecule has 6 heteroatoms. The molecule has 25 heavy (non-hydrogen) atoms. The number of carbonyl (C=O) groups is 2. The molecule has 1 amide bonds. The van der Waals surface area contributed by atoms with E-state index in [9.17, 15) is 14.7 Å². The van der Waals surface area contributed by atoms with E-state index < -0.39 is 5.91 Å². The SMILES string of the molecule is CCc1c(NC(=O)C=O)c2c(O)cccn2c1Cc1cccc(Cl)c1. The quantitative estimate of drug-likeness (QED) is 0.542. The highest BCUT2D eigenvalue weighted by Crippen LogP contribution is 2.36. The Labute approximate surface area is 149 Å². The number of nitrogens with one attached hydrogen (secondary N) is 1. The van der Waals surface area contributed by atoms with Crippen LogP contribution in [0.1, 0.15) is 23.7 Å². The number of amides is 1. The molecule has 2 N–H and O–H groups in total. The van der Waals surface area contributed by atoms with E-state index in [0.29, 0.717) is 29.1 Å². The summed E-state index contributed by atoms with van der Waals surface area (Å²) in [5.74, 6) is -0.712. The molecule has 1 aromatic carbocycles. The van der Waals surface area contributed by atoms with Crippen LogP contribution in [0.5, 0.6) is 5.75 Å². The molecule has 128 valence electrons. The van der Waals surface area contributed by atoms with Crippen LogP contribution in [0.4, 0.5) is 5.69 Å². The normalized spacial score (nSPS) is 10.8. The number of hydrogen-bond acceptors (Lipinski definition) is 3. The van der Waals surface area contributed by atoms with Crippen molar-refractivity contribution in [2.24, 2.45) is 0 Å². The van der Waals surface area contributed by atoms with E-state index in [4.69, 9.17) is 11.6 Å². The van der Waals surface area contributed by atoms with Crippen molar-refractivity contribution in [3.63, 3.8) is 0 Å². The molecule has 0 spiro atoms. The van der Waals surface area contributed by atoms with Crippen molar-refractivity contribution in [3.8, 4) is 5.75 Å². The Morgan fingerprint density at radius 3 is 2.80 bits per heavy atom. The fourth-order valence-electron chi connectivity index (χ4n) is 3.10. The smallest absolute Gasteiger partial charge is 0.288 e. The first kappa shape index (κ1) is 17.0. The number of anilines is 1. The van der Waals surface area contributed by atoms with Crippen LogP contribution in [0.15, 0.2) is 42.6 Å². The number of aromatic hydroxyl groups is 1. The van der Waals surface area contributed by atoms with Gasteiger partial charge in [0.05, 0.1) is 5.69 Å². The predicted octanol–water partition coefficient (Wildman–Crippen LogP) is 3.59. The summed E-state index contributed by atoms with van der Waals surface area (Å²) in [6.45, 7) is 1.96. The first-order chi connectivity index (χ1) is 12.0. The molecule has 0 saturated carbocycles. The van der Waals surface area contributed by atoms with E-state index in [2.05, 4.69) is 5.32 Å². The number of aldehydes is 1. The van der Waals surface area contributed by atoms with E-state index in [0.717, 1.165) is 16.8 Å². The summed E-state index contributed by atoms with van der Waals surface area (Å²) in [5, 5.41) is 13.5. The Balaban J connectivity index is 2.21. The average Bonchev–Trinajstić information content (AvgIpc) is 2.89. The van der Waals surface area contributed by atoms with Gasteiger partial charge < -0.3 is 14.8 Å². The van der Waals surface area contributed by atoms with Gasteiger partial charge in [0.2, 0.25) is 6.29 Å². The third-order valence-corrected chi connectivity index (χ3v) is 4.35. The Morgan fingerprint density at radius 2 is 2.12 bits per heavy atom. The van der Waals surface area contributed by atoms with E-state index in [1.165, 1.54) is 0 Å². The van der Waals surface area contributed by atoms with Crippen LogP contribution in [-0.4, -0.2) is 21.7 Å². The fraction of sp³-hybridized carbons (Fsp3) is 0.158. The van der Waals surface area contributed by atoms with Crippen molar-refractivity contribution in [1.29, 1.82) is 0 Å². The average molecular weight is 357 g/mol. The van der Waals surface area contributed by atoms with E-state index in [-0.39, 0.29) is 12.0 Å². The minimum Gasteiger partial charge on any atom is -0.506 e. The van der Waals surface area contributed by atoms with Crippen molar-refractivity contribution >= 4 is 35.0 Å². The van der Waals surface area contributed by atoms with Crippen molar-refractivity contribution in [3.05, 3.63) is 64.4 Å². The standard InChI is InChI=1S/C19H17ClN2O3/c1-2-14-15(10-12-5-3-6-13(20)9-12)22-8-4-7-16(24)19(22)18(14)21-17(25)11-23/h3-9,11,24H,2,10H2,1H3,(H,21,25). The molecule has 0 bridgehead atoms. The van der Waals surface area contributed by atoms with Gasteiger partial charge in [-0.25, -0.2) is 0 Å². The van der Waals surface area contributed by atoms with Gasteiger partial charge in [-0.15, -0.1) is 0 Å². The van der Waals surface area contributed by atoms with E-state index in [1.807, 2.05) is 41.8 Å². The lowest BCUT2D eigenvalue weighted by atomic mass is 10.0. The molecule has 0 fully saturated rings. The van der Waals surface area contributed by atoms with Crippen LogP contribution in [0.2, 0.25) is 5.02 Å². The molecule has 0 atom stereocenters. The second kappa shape index (κ2) is 6.99. The Bertz CT molecular complexity index is 963. The van der Waals surface area contributed by atoms with Gasteiger partial charge in [0.1, 0.15) is 11.3 Å². The number of halogens is 1. The van der Waals surface area contributed by atoms with Crippen LogP contribution < -0.4 is 5.32 Å². The first-order valence-corrected chi connectivity index (χ1v) is 8.27. The van der Waals surface area contributed by atoms with Crippen molar-refractivity contribution < 1.29 is 14.7 Å². The molecule has 2 heterocycles. The lowest BCUT2D eigenvalue weighted by Crippen LogP contribution is -2.13. The zero-order valence-corrected chi connectivity index (χ0v) is 14.4. The molecule has 3 aromatic rings. The number of carbonyl (C=O) groups excluding carboxylic acids is 2. The maximum atomic E-state index is 11.6. The first-order valence-electron chi connectivity index (χ1n) is 7.89. The van der Waals surface area contributed by atoms with Gasteiger partial charge in [-0.3, -0.25) is 9.59 Å². The summed E-state index contributed by atoms with van der Waals surface area (Å²) in [5.41, 5.74) is 3.76. The molecule has 2 aromatic heterocycles. The highest BCUT2D eigenvalue weighted by Gasteiger charge is 2.21. The number of nitrogens with zero attached hydrogens (tertiary/aromatic N) is 1. The van der Waals surface area contributed by atoms with Gasteiger partial charge in [-0.2, -0.15) is 0 Å². The molecule has 0 radical (unpaired) electrons. The number of pyridine rings is 1. The largest absolute Gasteiger partial charge is 0.506 e. The van der Waals surface area contributed by atoms with E-state index in [1.54, 1.807) is 12.1 Å². The molecular weight excluding hydrogens is 340 g/mol. The van der Waals surface area contributed by atoms with Gasteiger partial charge in [0.15, 0.2) is 0 Å². The number of aromatic nitrogens is 1. The van der Waals surface area contributed by atoms with Crippen LogP contribution >= 0.6 is 11.6 Å². The Hall–Kier alpha value is -2.79. The molecule has 3 rings (SSSR count). The second-order valence-corrected chi connectivity index (χ2v) is 6.12. The topological polar surface area (TPSA) is 70.8 Å². The fourth-order valence-corrected chi connectivity index (χ4v) is 3.32. The zero-order valence-electron chi connectivity index (χ0n) is 13.6. The van der Waals surface area contributed by atoms with E-state index >= 15 is 0 Å². The van der Waals surface area contributed by atoms with Crippen molar-refractivity contribution in [2.75, 3.05) is 5.32 Å². The van der Waals surface area contributed by atoms with Crippen LogP contribution in [-0.2, 0) is 22.4 Å². The molecule has 0 aliphatic carbocycles. The number of fused-ring (bicyclic) bond motifs is 1. The second-order valence-electron chi connectivity index (χ2n) is 5.68. The third-order valence-electron chi connectivity index (χ3n) is 4.12. The molecular formula is C19H17ClN2O3. The summed E-state index contributed by atoms with van der Waals surface area (Å²) >= 11 is 6.08. The highest BCUT2D eigenvalue weighted by atomic mass is 35.5. The summed E-state index contributed by atoms with van der Waals surface area (Å²) in [6, 6.07) is 10.8. The monoisotopic (exact) mass is 356 g/mol. The number of rotatable bonds is 5. The maximum absolute atomic E-state index is 11.6. The number of hydrogen-bond donors (Lipinski definition) is 2. The van der Waals surface area contributed by atoms with Crippen LogP contribution in [0.25, 0.3) is 5.52 Å². The van der Waals surface area contributed by atoms with Gasteiger partial charge in [-0.1, -0.05) is 30.7 Å². The summed E-state index contributed by atoms with van der Waals surface area (Å²) in [7, 11) is 0. The molecule has 0 aliphatic heterocycles. The predicted molar refractivity (Wildman–Crippen MR) is 97.4 cm³/mol. The minimum absolute atomic E-state index is 0.0377. The molecule has 5 nitrogen and oxygen atoms in total. The Morgan fingerprint density at radius 1 is 1.32 bits per heavy atom. The third kappa shape index (κ3) is 3.23. The summed E-state index contributed by atoms with van der Waals surface area (Å²) < 4.78 is 1.84. The summed E-state index contributed by atoms with van der Waals surface area (Å²) in [4.78, 5) is 22.4. The maximum Gasteiger partial charge on any atom is 0.288 e.